The number of aliphatic hydroxyl groups is 2. The van der Waals surface area contributed by atoms with Gasteiger partial charge in [0.25, 0.3) is 0 Å². The zero-order chi connectivity index (χ0) is 11.9. The molecule has 0 heterocycles. The molecule has 2 N–H and O–H groups in total. The molecule has 6 heteroatoms. The Balaban J connectivity index is 0. The van der Waals surface area contributed by atoms with E-state index in [-0.39, 0.29) is 19.8 Å². The van der Waals surface area contributed by atoms with Crippen LogP contribution in [0.1, 0.15) is 6.42 Å². The van der Waals surface area contributed by atoms with Gasteiger partial charge < -0.3 is 14.9 Å². The molecule has 0 aliphatic rings. The summed E-state index contributed by atoms with van der Waals surface area (Å²) in [5.74, 6) is 0. The van der Waals surface area contributed by atoms with Gasteiger partial charge in [-0.3, -0.25) is 0 Å². The van der Waals surface area contributed by atoms with E-state index in [1.54, 1.807) is 0 Å². The van der Waals surface area contributed by atoms with Crippen molar-refractivity contribution in [3.05, 3.63) is 0 Å². The molecule has 1 atom stereocenters. The molecule has 0 radical (unpaired) electrons. The Morgan fingerprint density at radius 1 is 1.27 bits per heavy atom. The van der Waals surface area contributed by atoms with Gasteiger partial charge in [-0.25, -0.2) is 9.78 Å². The summed E-state index contributed by atoms with van der Waals surface area (Å²) in [5.41, 5.74) is 0. The van der Waals surface area contributed by atoms with E-state index in [1.165, 1.54) is 7.11 Å². The van der Waals surface area contributed by atoms with Crippen molar-refractivity contribution in [2.75, 3.05) is 33.5 Å². The van der Waals surface area contributed by atoms with E-state index in [2.05, 4.69) is 22.9 Å². The fraction of sp³-hybridized carbons (Fsp3) is 1.00. The predicted molar refractivity (Wildman–Crippen MR) is 61.8 cm³/mol. The molecule has 0 aliphatic carbocycles. The summed E-state index contributed by atoms with van der Waals surface area (Å²) in [5, 5.41) is 17.5. The summed E-state index contributed by atoms with van der Waals surface area (Å²) in [6.45, 7) is 5.30. The first-order chi connectivity index (χ1) is 7.22. The number of hydrogen-bond donors (Lipinski definition) is 2. The fourth-order valence-corrected chi connectivity index (χ4v) is 0.635. The van der Waals surface area contributed by atoms with Crippen LogP contribution in [0.4, 0.5) is 0 Å². The van der Waals surface area contributed by atoms with Crippen LogP contribution in [0.5, 0.6) is 0 Å². The average Bonchev–Trinajstić information content (AvgIpc) is 2.20. The van der Waals surface area contributed by atoms with Gasteiger partial charge in [-0.2, -0.15) is 0 Å². The molecule has 0 bridgehead atoms. The second-order valence-electron chi connectivity index (χ2n) is 2.94. The summed E-state index contributed by atoms with van der Waals surface area (Å²) < 4.78 is 4.88. The molecule has 0 fully saturated rings. The topological polar surface area (TPSA) is 68.2 Å². The summed E-state index contributed by atoms with van der Waals surface area (Å²) >= 11 is 0. The first-order valence-corrected chi connectivity index (χ1v) is 8.07. The van der Waals surface area contributed by atoms with E-state index in [1.807, 2.05) is 0 Å². The summed E-state index contributed by atoms with van der Waals surface area (Å²) in [6.07, 6.45) is -0.106. The average molecular weight is 240 g/mol. The Hall–Kier alpha value is 0.0169. The van der Waals surface area contributed by atoms with Crippen LogP contribution < -0.4 is 0 Å². The van der Waals surface area contributed by atoms with Crippen molar-refractivity contribution in [1.29, 1.82) is 0 Å². The van der Waals surface area contributed by atoms with Gasteiger partial charge in [-0.1, -0.05) is 13.1 Å². The van der Waals surface area contributed by atoms with Crippen LogP contribution in [0, 0.1) is 0 Å². The van der Waals surface area contributed by atoms with E-state index in [9.17, 15) is 0 Å². The highest BCUT2D eigenvalue weighted by atomic mass is 28.2. The molecule has 5 nitrogen and oxygen atoms in total. The Morgan fingerprint density at radius 2 is 1.87 bits per heavy atom. The van der Waals surface area contributed by atoms with Crippen LogP contribution in [0.2, 0.25) is 13.1 Å². The Morgan fingerprint density at radius 3 is 2.33 bits per heavy atom. The SMILES string of the molecule is COOCCC(O)COCCO.C[SiH2]C. The van der Waals surface area contributed by atoms with Gasteiger partial charge in [0, 0.05) is 15.9 Å². The van der Waals surface area contributed by atoms with Crippen LogP contribution in [0.3, 0.4) is 0 Å². The highest BCUT2D eigenvalue weighted by Crippen LogP contribution is 1.93. The molecule has 15 heavy (non-hydrogen) atoms. The molecule has 0 aromatic carbocycles. The van der Waals surface area contributed by atoms with E-state index < -0.39 is 6.10 Å². The number of rotatable bonds is 8. The van der Waals surface area contributed by atoms with Crippen molar-refractivity contribution >= 4 is 9.52 Å². The fourth-order valence-electron chi connectivity index (χ4n) is 0.635. The molecular weight excluding hydrogens is 216 g/mol. The van der Waals surface area contributed by atoms with Crippen molar-refractivity contribution < 1.29 is 24.7 Å². The van der Waals surface area contributed by atoms with Gasteiger partial charge in [0.2, 0.25) is 0 Å². The lowest BCUT2D eigenvalue weighted by molar-refractivity contribution is -0.275. The molecule has 94 valence electrons. The lowest BCUT2D eigenvalue weighted by Crippen LogP contribution is -2.18. The maximum Gasteiger partial charge on any atom is 0.0847 e. The molecule has 0 rings (SSSR count). The van der Waals surface area contributed by atoms with Crippen LogP contribution >= 0.6 is 0 Å². The van der Waals surface area contributed by atoms with Crippen molar-refractivity contribution in [3.63, 3.8) is 0 Å². The van der Waals surface area contributed by atoms with Crippen LogP contribution in [-0.4, -0.2) is 59.4 Å². The quantitative estimate of drug-likeness (QED) is 0.261. The van der Waals surface area contributed by atoms with E-state index in [4.69, 9.17) is 14.9 Å². The van der Waals surface area contributed by atoms with E-state index >= 15 is 0 Å². The highest BCUT2D eigenvalue weighted by Gasteiger charge is 2.03. The molecule has 1 unspecified atom stereocenters. The molecule has 0 saturated heterocycles. The molecule has 0 spiro atoms. The zero-order valence-electron chi connectivity index (χ0n) is 9.94. The summed E-state index contributed by atoms with van der Waals surface area (Å²) in [7, 11) is 1.83. The third-order valence-corrected chi connectivity index (χ3v) is 1.20. The lowest BCUT2D eigenvalue weighted by atomic mass is 10.3. The minimum Gasteiger partial charge on any atom is -0.394 e. The number of ether oxygens (including phenoxy) is 1. The molecule has 0 aromatic rings. The molecule has 0 aliphatic heterocycles. The summed E-state index contributed by atoms with van der Waals surface area (Å²) in [6, 6.07) is 0. The lowest BCUT2D eigenvalue weighted by Gasteiger charge is -2.09. The maximum atomic E-state index is 9.16. The van der Waals surface area contributed by atoms with Gasteiger partial charge in [0.05, 0.1) is 39.6 Å². The molecule has 0 amide bonds. The van der Waals surface area contributed by atoms with E-state index in [0.29, 0.717) is 22.5 Å². The van der Waals surface area contributed by atoms with Crippen molar-refractivity contribution in [1.82, 2.24) is 0 Å². The third kappa shape index (κ3) is 20.2. The predicted octanol–water partition coefficient (Wildman–Crippen LogP) is -0.424. The second kappa shape index (κ2) is 16.4. The van der Waals surface area contributed by atoms with Gasteiger partial charge in [-0.05, 0) is 0 Å². The molecule has 0 saturated carbocycles. The third-order valence-electron chi connectivity index (χ3n) is 1.20. The van der Waals surface area contributed by atoms with Crippen molar-refractivity contribution in [2.45, 2.75) is 25.6 Å². The van der Waals surface area contributed by atoms with Gasteiger partial charge >= 0.3 is 0 Å². The Bertz CT molecular complexity index is 94.5. The Kier molecular flexibility index (Phi) is 19.1. The molecule has 0 aromatic heterocycles. The van der Waals surface area contributed by atoms with Gasteiger partial charge in [0.15, 0.2) is 0 Å². The van der Waals surface area contributed by atoms with Gasteiger partial charge in [-0.15, -0.1) is 0 Å². The van der Waals surface area contributed by atoms with Crippen molar-refractivity contribution in [3.8, 4) is 0 Å². The monoisotopic (exact) mass is 240 g/mol. The normalized spacial score (nSPS) is 11.8. The maximum absolute atomic E-state index is 9.16. The van der Waals surface area contributed by atoms with Gasteiger partial charge in [0.1, 0.15) is 0 Å². The zero-order valence-corrected chi connectivity index (χ0v) is 11.4. The second-order valence-corrected chi connectivity index (χ2v) is 4.35. The minimum atomic E-state index is -0.563. The largest absolute Gasteiger partial charge is 0.394 e. The molecular formula is C9H24O5Si. The van der Waals surface area contributed by atoms with Crippen LogP contribution in [0.15, 0.2) is 0 Å². The first-order valence-electron chi connectivity index (χ1n) is 5.25. The summed E-state index contributed by atoms with van der Waals surface area (Å²) in [4.78, 5) is 8.87. The highest BCUT2D eigenvalue weighted by molar-refractivity contribution is 6.31. The number of hydrogen-bond acceptors (Lipinski definition) is 5. The smallest absolute Gasteiger partial charge is 0.0847 e. The number of aliphatic hydroxyl groups excluding tert-OH is 2. The standard InChI is InChI=1S/C7H16O5.C2H8Si/c1-10-12-4-2-7(9)6-11-5-3-8;1-3-2/h7-9H,2-6H2,1H3;3H2,1-2H3. The first kappa shape index (κ1) is 17.4. The Labute approximate surface area is 94.1 Å². The van der Waals surface area contributed by atoms with Crippen LogP contribution in [-0.2, 0) is 14.5 Å². The van der Waals surface area contributed by atoms with Crippen molar-refractivity contribution in [2.24, 2.45) is 0 Å². The van der Waals surface area contributed by atoms with Crippen LogP contribution in [0.25, 0.3) is 0 Å². The minimum absolute atomic E-state index is 0.0265. The van der Waals surface area contributed by atoms with E-state index in [0.717, 1.165) is 0 Å².